The second-order valence-electron chi connectivity index (χ2n) is 4.03. The third-order valence-corrected chi connectivity index (χ3v) is 3.18. The van der Waals surface area contributed by atoms with Gasteiger partial charge in [-0.2, -0.15) is 0 Å². The van der Waals surface area contributed by atoms with E-state index < -0.39 is 0 Å². The highest BCUT2D eigenvalue weighted by molar-refractivity contribution is 5.88. The lowest BCUT2D eigenvalue weighted by molar-refractivity contribution is 0.687. The van der Waals surface area contributed by atoms with Crippen LogP contribution in [0, 0.1) is 0 Å². The van der Waals surface area contributed by atoms with E-state index in [0.717, 1.165) is 12.8 Å². The van der Waals surface area contributed by atoms with Crippen molar-refractivity contribution >= 4 is 10.8 Å². The van der Waals surface area contributed by atoms with Crippen molar-refractivity contribution < 1.29 is 0 Å². The van der Waals surface area contributed by atoms with Crippen LogP contribution in [0.15, 0.2) is 21.7 Å². The minimum Gasteiger partial charge on any atom is -0.285 e. The molecular weight excluding hydrogens is 176 g/mol. The summed E-state index contributed by atoms with van der Waals surface area (Å²) in [4.78, 5) is 22.4. The highest BCUT2D eigenvalue weighted by Crippen LogP contribution is 2.24. The molecule has 0 N–H and O–H groups in total. The first kappa shape index (κ1) is 7.92. The SMILES string of the molecule is O=c1c(=O)c2cc3c(cc12)CCCC3. The number of hydrogen-bond acceptors (Lipinski definition) is 2. The van der Waals surface area contributed by atoms with Crippen LogP contribution in [0.5, 0.6) is 0 Å². The minimum atomic E-state index is -0.298. The average Bonchev–Trinajstić information content (AvgIpc) is 2.26. The van der Waals surface area contributed by atoms with Crippen molar-refractivity contribution in [3.05, 3.63) is 43.7 Å². The Morgan fingerprint density at radius 3 is 1.64 bits per heavy atom. The third kappa shape index (κ3) is 0.857. The number of fused-ring (bicyclic) bond motifs is 2. The summed E-state index contributed by atoms with van der Waals surface area (Å²) in [5.41, 5.74) is 1.95. The molecule has 0 fully saturated rings. The number of benzene rings is 1. The fourth-order valence-corrected chi connectivity index (χ4v) is 2.34. The predicted molar refractivity (Wildman–Crippen MR) is 55.5 cm³/mol. The summed E-state index contributed by atoms with van der Waals surface area (Å²) in [7, 11) is 0. The highest BCUT2D eigenvalue weighted by atomic mass is 16.2. The van der Waals surface area contributed by atoms with Crippen molar-refractivity contribution in [3.8, 4) is 0 Å². The molecule has 1 aliphatic carbocycles. The Balaban J connectivity index is 2.35. The van der Waals surface area contributed by atoms with E-state index in [1.165, 1.54) is 24.0 Å². The first-order valence-corrected chi connectivity index (χ1v) is 5.02. The molecule has 0 unspecified atom stereocenters. The molecular formula is C12H10O2. The molecule has 14 heavy (non-hydrogen) atoms. The fourth-order valence-electron chi connectivity index (χ4n) is 2.34. The van der Waals surface area contributed by atoms with Crippen LogP contribution in [0.3, 0.4) is 0 Å². The zero-order valence-corrected chi connectivity index (χ0v) is 7.80. The first-order valence-electron chi connectivity index (χ1n) is 5.02. The molecule has 70 valence electrons. The Kier molecular flexibility index (Phi) is 1.43. The normalized spacial score (nSPS) is 16.0. The van der Waals surface area contributed by atoms with Gasteiger partial charge in [0.1, 0.15) is 0 Å². The monoisotopic (exact) mass is 186 g/mol. The zero-order valence-electron chi connectivity index (χ0n) is 7.80. The standard InChI is InChI=1S/C12H10O2/c13-11-9-5-7-3-1-2-4-8(7)6-10(9)12(11)14/h5-6H,1-4H2. The second kappa shape index (κ2) is 2.53. The van der Waals surface area contributed by atoms with Gasteiger partial charge in [-0.1, -0.05) is 0 Å². The van der Waals surface area contributed by atoms with Gasteiger partial charge in [0.05, 0.1) is 0 Å². The molecule has 2 nitrogen and oxygen atoms in total. The van der Waals surface area contributed by atoms with Gasteiger partial charge in [-0.15, -0.1) is 0 Å². The van der Waals surface area contributed by atoms with E-state index >= 15 is 0 Å². The lowest BCUT2D eigenvalue weighted by Crippen LogP contribution is -2.31. The van der Waals surface area contributed by atoms with Crippen LogP contribution >= 0.6 is 0 Å². The second-order valence-corrected chi connectivity index (χ2v) is 4.03. The van der Waals surface area contributed by atoms with Crippen molar-refractivity contribution in [3.63, 3.8) is 0 Å². The number of aryl methyl sites for hydroxylation is 2. The molecule has 2 heteroatoms. The molecule has 0 bridgehead atoms. The number of hydrogen-bond donors (Lipinski definition) is 0. The van der Waals surface area contributed by atoms with E-state index in [0.29, 0.717) is 10.8 Å². The summed E-state index contributed by atoms with van der Waals surface area (Å²) in [6.07, 6.45) is 4.52. The van der Waals surface area contributed by atoms with E-state index in [1.54, 1.807) is 0 Å². The van der Waals surface area contributed by atoms with Gasteiger partial charge in [0.2, 0.25) is 10.9 Å². The number of rotatable bonds is 0. The molecule has 0 atom stereocenters. The van der Waals surface area contributed by atoms with Crippen molar-refractivity contribution in [1.29, 1.82) is 0 Å². The zero-order chi connectivity index (χ0) is 9.71. The highest BCUT2D eigenvalue weighted by Gasteiger charge is 2.17. The molecule has 3 rings (SSSR count). The molecule has 1 aliphatic rings. The Labute approximate surface area is 80.9 Å². The van der Waals surface area contributed by atoms with Gasteiger partial charge < -0.3 is 0 Å². The van der Waals surface area contributed by atoms with Crippen molar-refractivity contribution in [2.24, 2.45) is 0 Å². The Morgan fingerprint density at radius 1 is 0.786 bits per heavy atom. The molecule has 0 aliphatic heterocycles. The topological polar surface area (TPSA) is 34.1 Å². The fraction of sp³-hybridized carbons (Fsp3) is 0.333. The summed E-state index contributed by atoms with van der Waals surface area (Å²) < 4.78 is 0. The average molecular weight is 186 g/mol. The van der Waals surface area contributed by atoms with E-state index in [9.17, 15) is 9.59 Å². The van der Waals surface area contributed by atoms with Gasteiger partial charge in [0.15, 0.2) is 0 Å². The van der Waals surface area contributed by atoms with Crippen LogP contribution in [-0.2, 0) is 12.8 Å². The van der Waals surface area contributed by atoms with E-state index in [1.807, 2.05) is 12.1 Å². The molecule has 0 spiro atoms. The van der Waals surface area contributed by atoms with Crippen LogP contribution in [0.25, 0.3) is 10.8 Å². The third-order valence-electron chi connectivity index (χ3n) is 3.18. The molecule has 0 aromatic heterocycles. The lowest BCUT2D eigenvalue weighted by Gasteiger charge is -2.16. The predicted octanol–water partition coefficient (Wildman–Crippen LogP) is 1.31. The summed E-state index contributed by atoms with van der Waals surface area (Å²) in [6, 6.07) is 3.85. The Bertz CT molecular complexity index is 533. The van der Waals surface area contributed by atoms with Gasteiger partial charge in [-0.25, -0.2) is 0 Å². The van der Waals surface area contributed by atoms with Gasteiger partial charge >= 0.3 is 0 Å². The first-order chi connectivity index (χ1) is 6.77. The van der Waals surface area contributed by atoms with Gasteiger partial charge in [0, 0.05) is 10.8 Å². The van der Waals surface area contributed by atoms with Crippen LogP contribution in [0.2, 0.25) is 0 Å². The van der Waals surface area contributed by atoms with E-state index in [2.05, 4.69) is 0 Å². The van der Waals surface area contributed by atoms with Crippen molar-refractivity contribution in [2.45, 2.75) is 25.7 Å². The van der Waals surface area contributed by atoms with Crippen molar-refractivity contribution in [1.82, 2.24) is 0 Å². The van der Waals surface area contributed by atoms with Crippen LogP contribution < -0.4 is 10.9 Å². The Hall–Kier alpha value is -1.44. The minimum absolute atomic E-state index is 0.298. The molecule has 2 aromatic rings. The molecule has 0 amide bonds. The molecule has 0 heterocycles. The van der Waals surface area contributed by atoms with Crippen LogP contribution in [-0.4, -0.2) is 0 Å². The maximum atomic E-state index is 11.2. The smallest absolute Gasteiger partial charge is 0.234 e. The summed E-state index contributed by atoms with van der Waals surface area (Å²) in [6.45, 7) is 0. The molecule has 0 saturated heterocycles. The summed E-state index contributed by atoms with van der Waals surface area (Å²) in [5, 5.41) is 1.30. The molecule has 2 aromatic carbocycles. The molecule has 0 saturated carbocycles. The van der Waals surface area contributed by atoms with Gasteiger partial charge in [0.25, 0.3) is 0 Å². The van der Waals surface area contributed by atoms with Crippen LogP contribution in [0.4, 0.5) is 0 Å². The van der Waals surface area contributed by atoms with Gasteiger partial charge in [-0.05, 0) is 48.9 Å². The van der Waals surface area contributed by atoms with Crippen LogP contribution in [0.1, 0.15) is 24.0 Å². The maximum absolute atomic E-state index is 11.2. The van der Waals surface area contributed by atoms with E-state index in [4.69, 9.17) is 0 Å². The lowest BCUT2D eigenvalue weighted by atomic mass is 9.88. The summed E-state index contributed by atoms with van der Waals surface area (Å²) >= 11 is 0. The quantitative estimate of drug-likeness (QED) is 0.581. The van der Waals surface area contributed by atoms with Crippen molar-refractivity contribution in [2.75, 3.05) is 0 Å². The maximum Gasteiger partial charge on any atom is 0.234 e. The summed E-state index contributed by atoms with van der Waals surface area (Å²) in [5.74, 6) is 0. The largest absolute Gasteiger partial charge is 0.285 e. The Morgan fingerprint density at radius 2 is 1.21 bits per heavy atom. The molecule has 0 radical (unpaired) electrons. The van der Waals surface area contributed by atoms with Gasteiger partial charge in [-0.3, -0.25) is 9.59 Å². The van der Waals surface area contributed by atoms with E-state index in [-0.39, 0.29) is 10.9 Å².